The predicted molar refractivity (Wildman–Crippen MR) is 68.3 cm³/mol. The fraction of sp³-hybridized carbons (Fsp3) is 0.571. The molecule has 1 aromatic rings. The number of rotatable bonds is 4. The van der Waals surface area contributed by atoms with Crippen LogP contribution in [0.25, 0.3) is 0 Å². The van der Waals surface area contributed by atoms with Crippen LogP contribution in [0.1, 0.15) is 18.4 Å². The monoisotopic (exact) mass is 235 g/mol. The average molecular weight is 235 g/mol. The second kappa shape index (κ2) is 6.03. The number of ether oxygens (including phenoxy) is 2. The molecule has 0 bridgehead atoms. The van der Waals surface area contributed by atoms with Gasteiger partial charge in [0, 0.05) is 26.7 Å². The molecule has 1 aromatic carbocycles. The smallest absolute Gasteiger partial charge is 0.118 e. The van der Waals surface area contributed by atoms with Gasteiger partial charge < -0.3 is 9.47 Å². The molecule has 3 heteroatoms. The van der Waals surface area contributed by atoms with E-state index in [0.717, 1.165) is 38.2 Å². The van der Waals surface area contributed by atoms with Crippen LogP contribution < -0.4 is 4.74 Å². The zero-order valence-electron chi connectivity index (χ0n) is 10.7. The highest BCUT2D eigenvalue weighted by atomic mass is 16.5. The average Bonchev–Trinajstić information content (AvgIpc) is 2.40. The summed E-state index contributed by atoms with van der Waals surface area (Å²) in [6.07, 6.45) is 2.75. The Morgan fingerprint density at radius 1 is 1.12 bits per heavy atom. The molecule has 1 saturated heterocycles. The molecule has 0 spiro atoms. The first-order valence-electron chi connectivity index (χ1n) is 6.20. The second-order valence-corrected chi connectivity index (χ2v) is 4.56. The zero-order valence-corrected chi connectivity index (χ0v) is 10.7. The van der Waals surface area contributed by atoms with E-state index < -0.39 is 0 Å². The second-order valence-electron chi connectivity index (χ2n) is 4.56. The maximum atomic E-state index is 5.38. The van der Waals surface area contributed by atoms with Crippen molar-refractivity contribution >= 4 is 0 Å². The summed E-state index contributed by atoms with van der Waals surface area (Å²) in [5, 5.41) is 0. The van der Waals surface area contributed by atoms with Crippen molar-refractivity contribution in [2.75, 3.05) is 27.3 Å². The molecule has 0 unspecified atom stereocenters. The van der Waals surface area contributed by atoms with E-state index in [4.69, 9.17) is 9.47 Å². The third-order valence-electron chi connectivity index (χ3n) is 3.43. The summed E-state index contributed by atoms with van der Waals surface area (Å²) in [7, 11) is 3.51. The van der Waals surface area contributed by atoms with E-state index >= 15 is 0 Å². The lowest BCUT2D eigenvalue weighted by Gasteiger charge is -2.31. The molecule has 0 atom stereocenters. The third-order valence-corrected chi connectivity index (χ3v) is 3.43. The van der Waals surface area contributed by atoms with Crippen LogP contribution in [0.15, 0.2) is 24.3 Å². The number of hydrogen-bond donors (Lipinski definition) is 0. The van der Waals surface area contributed by atoms with Crippen molar-refractivity contribution < 1.29 is 9.47 Å². The first kappa shape index (κ1) is 12.4. The van der Waals surface area contributed by atoms with E-state index in [2.05, 4.69) is 17.0 Å². The fourth-order valence-electron chi connectivity index (χ4n) is 2.29. The summed E-state index contributed by atoms with van der Waals surface area (Å²) in [6.45, 7) is 3.29. The van der Waals surface area contributed by atoms with Crippen LogP contribution in [0, 0.1) is 0 Å². The third kappa shape index (κ3) is 3.45. The normalized spacial score (nSPS) is 18.2. The van der Waals surface area contributed by atoms with Gasteiger partial charge in [0.25, 0.3) is 0 Å². The Hall–Kier alpha value is -1.06. The molecule has 1 aliphatic rings. The van der Waals surface area contributed by atoms with E-state index in [1.807, 2.05) is 19.2 Å². The number of methoxy groups -OCH3 is 2. The Balaban J connectivity index is 1.84. The summed E-state index contributed by atoms with van der Waals surface area (Å²) in [5.74, 6) is 0.923. The van der Waals surface area contributed by atoms with Crippen LogP contribution in [0.4, 0.5) is 0 Å². The summed E-state index contributed by atoms with van der Waals surface area (Å²) in [5.41, 5.74) is 1.35. The SMILES string of the molecule is COc1ccc(CN2CCC(OC)CC2)cc1. The van der Waals surface area contributed by atoms with Crippen LogP contribution in [0.2, 0.25) is 0 Å². The van der Waals surface area contributed by atoms with Gasteiger partial charge in [-0.15, -0.1) is 0 Å². The first-order valence-corrected chi connectivity index (χ1v) is 6.20. The maximum Gasteiger partial charge on any atom is 0.118 e. The van der Waals surface area contributed by atoms with Gasteiger partial charge in [-0.2, -0.15) is 0 Å². The Bertz CT molecular complexity index is 329. The highest BCUT2D eigenvalue weighted by Crippen LogP contribution is 2.17. The number of likely N-dealkylation sites (tertiary alicyclic amines) is 1. The molecule has 2 rings (SSSR count). The van der Waals surface area contributed by atoms with Crippen LogP contribution in [0.5, 0.6) is 5.75 Å². The first-order chi connectivity index (χ1) is 8.31. The van der Waals surface area contributed by atoms with Crippen molar-refractivity contribution in [1.29, 1.82) is 0 Å². The lowest BCUT2D eigenvalue weighted by atomic mass is 10.1. The summed E-state index contributed by atoms with van der Waals surface area (Å²) < 4.78 is 10.5. The molecule has 0 N–H and O–H groups in total. The van der Waals surface area contributed by atoms with Gasteiger partial charge in [-0.05, 0) is 30.5 Å². The van der Waals surface area contributed by atoms with Crippen LogP contribution in [-0.2, 0) is 11.3 Å². The van der Waals surface area contributed by atoms with Crippen LogP contribution in [0.3, 0.4) is 0 Å². The standard InChI is InChI=1S/C14H21NO2/c1-16-13-5-3-12(4-6-13)11-15-9-7-14(17-2)8-10-15/h3-6,14H,7-11H2,1-2H3. The van der Waals surface area contributed by atoms with Gasteiger partial charge in [0.1, 0.15) is 5.75 Å². The Morgan fingerprint density at radius 3 is 2.29 bits per heavy atom. The number of hydrogen-bond acceptors (Lipinski definition) is 3. The van der Waals surface area contributed by atoms with Gasteiger partial charge in [0.15, 0.2) is 0 Å². The van der Waals surface area contributed by atoms with Gasteiger partial charge in [-0.3, -0.25) is 4.90 Å². The van der Waals surface area contributed by atoms with Gasteiger partial charge in [-0.1, -0.05) is 12.1 Å². The lowest BCUT2D eigenvalue weighted by Crippen LogP contribution is -2.36. The molecule has 3 nitrogen and oxygen atoms in total. The number of piperidine rings is 1. The topological polar surface area (TPSA) is 21.7 Å². The summed E-state index contributed by atoms with van der Waals surface area (Å²) >= 11 is 0. The molecular formula is C14H21NO2. The van der Waals surface area contributed by atoms with Crippen LogP contribution >= 0.6 is 0 Å². The van der Waals surface area contributed by atoms with Crippen molar-refractivity contribution in [1.82, 2.24) is 4.90 Å². The summed E-state index contributed by atoms with van der Waals surface area (Å²) in [6, 6.07) is 8.33. The van der Waals surface area contributed by atoms with Gasteiger partial charge in [0.05, 0.1) is 13.2 Å². The van der Waals surface area contributed by atoms with E-state index in [1.165, 1.54) is 5.56 Å². The lowest BCUT2D eigenvalue weighted by molar-refractivity contribution is 0.0388. The van der Waals surface area contributed by atoms with Crippen molar-refractivity contribution in [3.8, 4) is 5.75 Å². The minimum absolute atomic E-state index is 0.460. The van der Waals surface area contributed by atoms with Gasteiger partial charge >= 0.3 is 0 Å². The molecule has 0 saturated carbocycles. The summed E-state index contributed by atoms with van der Waals surface area (Å²) in [4.78, 5) is 2.48. The fourth-order valence-corrected chi connectivity index (χ4v) is 2.29. The molecule has 0 amide bonds. The zero-order chi connectivity index (χ0) is 12.1. The molecule has 1 aliphatic heterocycles. The predicted octanol–water partition coefficient (Wildman–Crippen LogP) is 2.31. The Morgan fingerprint density at radius 2 is 1.76 bits per heavy atom. The highest BCUT2D eigenvalue weighted by Gasteiger charge is 2.18. The van der Waals surface area contributed by atoms with Gasteiger partial charge in [-0.25, -0.2) is 0 Å². The minimum atomic E-state index is 0.460. The Labute approximate surface area is 103 Å². The number of benzene rings is 1. The van der Waals surface area contributed by atoms with Gasteiger partial charge in [0.2, 0.25) is 0 Å². The van der Waals surface area contributed by atoms with Crippen LogP contribution in [-0.4, -0.2) is 38.3 Å². The molecule has 1 heterocycles. The highest BCUT2D eigenvalue weighted by molar-refractivity contribution is 5.27. The molecule has 0 radical (unpaired) electrons. The van der Waals surface area contributed by atoms with Crippen molar-refractivity contribution in [2.24, 2.45) is 0 Å². The molecule has 1 fully saturated rings. The maximum absolute atomic E-state index is 5.38. The minimum Gasteiger partial charge on any atom is -0.497 e. The molecule has 17 heavy (non-hydrogen) atoms. The molecule has 0 aromatic heterocycles. The quantitative estimate of drug-likeness (QED) is 0.799. The molecule has 0 aliphatic carbocycles. The number of nitrogens with zero attached hydrogens (tertiary/aromatic N) is 1. The molecular weight excluding hydrogens is 214 g/mol. The largest absolute Gasteiger partial charge is 0.497 e. The van der Waals surface area contributed by atoms with Crippen molar-refractivity contribution in [3.63, 3.8) is 0 Å². The molecule has 94 valence electrons. The van der Waals surface area contributed by atoms with Crippen molar-refractivity contribution in [3.05, 3.63) is 29.8 Å². The van der Waals surface area contributed by atoms with E-state index in [1.54, 1.807) is 7.11 Å². The van der Waals surface area contributed by atoms with Crippen molar-refractivity contribution in [2.45, 2.75) is 25.5 Å². The Kier molecular flexibility index (Phi) is 4.40. The van der Waals surface area contributed by atoms with E-state index in [-0.39, 0.29) is 0 Å². The van der Waals surface area contributed by atoms with E-state index in [9.17, 15) is 0 Å². The van der Waals surface area contributed by atoms with E-state index in [0.29, 0.717) is 6.10 Å².